The van der Waals surface area contributed by atoms with E-state index in [0.717, 1.165) is 18.7 Å². The Kier molecular flexibility index (Phi) is 6.74. The summed E-state index contributed by atoms with van der Waals surface area (Å²) in [5.41, 5.74) is 2.79. The maximum absolute atomic E-state index is 4.65. The van der Waals surface area contributed by atoms with E-state index in [9.17, 15) is 0 Å². The van der Waals surface area contributed by atoms with Crippen LogP contribution in [0.1, 0.15) is 62.6 Å². The standard InChI is InChI=1S/C17H28N2S/c1-3-11-18-16(12-17-19-14(2)13-20-17)15-9-7-5-4-6-8-10-15/h9,13,16,18H,3-8,10-12H2,1-2H3. The second-order valence-electron chi connectivity index (χ2n) is 5.83. The highest BCUT2D eigenvalue weighted by Crippen LogP contribution is 2.22. The van der Waals surface area contributed by atoms with Crippen LogP contribution in [0.25, 0.3) is 0 Å². The highest BCUT2D eigenvalue weighted by molar-refractivity contribution is 7.09. The average molecular weight is 292 g/mol. The minimum absolute atomic E-state index is 0.499. The molecule has 0 radical (unpaired) electrons. The second-order valence-corrected chi connectivity index (χ2v) is 6.77. The van der Waals surface area contributed by atoms with Gasteiger partial charge >= 0.3 is 0 Å². The van der Waals surface area contributed by atoms with Gasteiger partial charge in [0.25, 0.3) is 0 Å². The van der Waals surface area contributed by atoms with Gasteiger partial charge in [-0.2, -0.15) is 0 Å². The SMILES string of the molecule is CCCNC(Cc1nc(C)cs1)C1=CCCCCCC1. The summed E-state index contributed by atoms with van der Waals surface area (Å²) in [5, 5.41) is 7.19. The zero-order chi connectivity index (χ0) is 14.2. The number of hydrogen-bond donors (Lipinski definition) is 1. The van der Waals surface area contributed by atoms with Crippen molar-refractivity contribution >= 4 is 11.3 Å². The van der Waals surface area contributed by atoms with Crippen molar-refractivity contribution < 1.29 is 0 Å². The molecular weight excluding hydrogens is 264 g/mol. The molecule has 2 rings (SSSR count). The van der Waals surface area contributed by atoms with Gasteiger partial charge in [0.2, 0.25) is 0 Å². The van der Waals surface area contributed by atoms with E-state index in [1.54, 1.807) is 16.9 Å². The lowest BCUT2D eigenvalue weighted by molar-refractivity contribution is 0.522. The molecule has 1 N–H and O–H groups in total. The lowest BCUT2D eigenvalue weighted by Crippen LogP contribution is -2.34. The predicted octanol–water partition coefficient (Wildman–Crippen LogP) is 4.64. The predicted molar refractivity (Wildman–Crippen MR) is 88.4 cm³/mol. The van der Waals surface area contributed by atoms with Crippen molar-refractivity contribution in [3.63, 3.8) is 0 Å². The molecule has 0 aliphatic heterocycles. The van der Waals surface area contributed by atoms with Crippen molar-refractivity contribution in [2.45, 2.75) is 71.3 Å². The van der Waals surface area contributed by atoms with E-state index in [0.29, 0.717) is 6.04 Å². The Morgan fingerprint density at radius 2 is 2.15 bits per heavy atom. The van der Waals surface area contributed by atoms with Gasteiger partial charge < -0.3 is 5.32 Å². The van der Waals surface area contributed by atoms with E-state index in [2.05, 4.69) is 35.6 Å². The first-order valence-electron chi connectivity index (χ1n) is 8.13. The van der Waals surface area contributed by atoms with Crippen LogP contribution in [0.15, 0.2) is 17.0 Å². The molecule has 3 heteroatoms. The molecule has 1 aliphatic carbocycles. The largest absolute Gasteiger partial charge is 0.310 e. The van der Waals surface area contributed by atoms with E-state index in [-0.39, 0.29) is 0 Å². The first-order chi connectivity index (χ1) is 9.79. The molecule has 0 saturated carbocycles. The molecule has 1 unspecified atom stereocenters. The van der Waals surface area contributed by atoms with Gasteiger partial charge in [0.15, 0.2) is 0 Å². The summed E-state index contributed by atoms with van der Waals surface area (Å²) >= 11 is 1.81. The molecule has 20 heavy (non-hydrogen) atoms. The molecule has 0 amide bonds. The van der Waals surface area contributed by atoms with Crippen LogP contribution in [0.2, 0.25) is 0 Å². The molecule has 1 atom stereocenters. The lowest BCUT2D eigenvalue weighted by atomic mass is 9.93. The van der Waals surface area contributed by atoms with E-state index < -0.39 is 0 Å². The third-order valence-corrected chi connectivity index (χ3v) is 4.95. The zero-order valence-corrected chi connectivity index (χ0v) is 13.8. The van der Waals surface area contributed by atoms with E-state index in [1.165, 1.54) is 50.0 Å². The number of allylic oxidation sites excluding steroid dienone is 1. The maximum atomic E-state index is 4.65. The van der Waals surface area contributed by atoms with Crippen LogP contribution in [0, 0.1) is 6.92 Å². The average Bonchev–Trinajstić information content (AvgIpc) is 2.80. The Morgan fingerprint density at radius 1 is 1.30 bits per heavy atom. The first kappa shape index (κ1) is 15.7. The van der Waals surface area contributed by atoms with Crippen molar-refractivity contribution in [2.24, 2.45) is 0 Å². The molecule has 2 nitrogen and oxygen atoms in total. The summed E-state index contributed by atoms with van der Waals surface area (Å²) < 4.78 is 0. The molecule has 1 aromatic heterocycles. The number of aromatic nitrogens is 1. The van der Waals surface area contributed by atoms with Crippen LogP contribution in [0.4, 0.5) is 0 Å². The number of aryl methyl sites for hydroxylation is 1. The molecule has 1 aliphatic rings. The summed E-state index contributed by atoms with van der Waals surface area (Å²) in [7, 11) is 0. The van der Waals surface area contributed by atoms with Crippen LogP contribution in [-0.4, -0.2) is 17.6 Å². The summed E-state index contributed by atoms with van der Waals surface area (Å²) in [6.07, 6.45) is 12.8. The van der Waals surface area contributed by atoms with Crippen molar-refractivity contribution in [3.8, 4) is 0 Å². The highest BCUT2D eigenvalue weighted by Gasteiger charge is 2.16. The third kappa shape index (κ3) is 5.02. The van der Waals surface area contributed by atoms with Crippen molar-refractivity contribution in [2.75, 3.05) is 6.54 Å². The van der Waals surface area contributed by atoms with E-state index in [1.807, 2.05) is 0 Å². The van der Waals surface area contributed by atoms with Gasteiger partial charge in [-0.15, -0.1) is 11.3 Å². The summed E-state index contributed by atoms with van der Waals surface area (Å²) in [6, 6.07) is 0.499. The van der Waals surface area contributed by atoms with Crippen LogP contribution in [0.5, 0.6) is 0 Å². The molecule has 0 spiro atoms. The fourth-order valence-electron chi connectivity index (χ4n) is 2.86. The van der Waals surface area contributed by atoms with Crippen LogP contribution in [-0.2, 0) is 6.42 Å². The number of hydrogen-bond acceptors (Lipinski definition) is 3. The van der Waals surface area contributed by atoms with Gasteiger partial charge in [0.1, 0.15) is 0 Å². The molecule has 0 fully saturated rings. The number of nitrogens with one attached hydrogen (secondary N) is 1. The number of rotatable bonds is 6. The van der Waals surface area contributed by atoms with Gasteiger partial charge in [-0.25, -0.2) is 4.98 Å². The summed E-state index contributed by atoms with van der Waals surface area (Å²) in [6.45, 7) is 5.43. The van der Waals surface area contributed by atoms with E-state index in [4.69, 9.17) is 0 Å². The highest BCUT2D eigenvalue weighted by atomic mass is 32.1. The molecular formula is C17H28N2S. The molecule has 0 saturated heterocycles. The Labute approximate surface area is 127 Å². The Hall–Kier alpha value is -0.670. The lowest BCUT2D eigenvalue weighted by Gasteiger charge is -2.23. The van der Waals surface area contributed by atoms with E-state index >= 15 is 0 Å². The summed E-state index contributed by atoms with van der Waals surface area (Å²) in [4.78, 5) is 4.65. The zero-order valence-electron chi connectivity index (χ0n) is 13.0. The first-order valence-corrected chi connectivity index (χ1v) is 9.01. The number of thiazole rings is 1. The van der Waals surface area contributed by atoms with Crippen LogP contribution < -0.4 is 5.32 Å². The van der Waals surface area contributed by atoms with Gasteiger partial charge in [-0.05, 0) is 45.6 Å². The fourth-order valence-corrected chi connectivity index (χ4v) is 3.68. The molecule has 0 aromatic carbocycles. The third-order valence-electron chi connectivity index (χ3n) is 3.96. The quantitative estimate of drug-likeness (QED) is 0.772. The van der Waals surface area contributed by atoms with Crippen LogP contribution in [0.3, 0.4) is 0 Å². The minimum atomic E-state index is 0.499. The Balaban J connectivity index is 2.04. The normalized spacial score (nSPS) is 18.2. The van der Waals surface area contributed by atoms with Crippen LogP contribution >= 0.6 is 11.3 Å². The molecule has 112 valence electrons. The van der Waals surface area contributed by atoms with Gasteiger partial charge in [-0.1, -0.05) is 31.4 Å². The Bertz CT molecular complexity index is 422. The Morgan fingerprint density at radius 3 is 2.90 bits per heavy atom. The second kappa shape index (κ2) is 8.58. The number of nitrogens with zero attached hydrogens (tertiary/aromatic N) is 1. The summed E-state index contributed by atoms with van der Waals surface area (Å²) in [5.74, 6) is 0. The van der Waals surface area contributed by atoms with Crippen molar-refractivity contribution in [1.29, 1.82) is 0 Å². The van der Waals surface area contributed by atoms with Gasteiger partial charge in [0, 0.05) is 23.5 Å². The fraction of sp³-hybridized carbons (Fsp3) is 0.706. The smallest absolute Gasteiger partial charge is 0.0946 e. The van der Waals surface area contributed by atoms with Crippen molar-refractivity contribution in [3.05, 3.63) is 27.7 Å². The maximum Gasteiger partial charge on any atom is 0.0946 e. The molecule has 0 bridgehead atoms. The molecule has 1 heterocycles. The van der Waals surface area contributed by atoms with Gasteiger partial charge in [0.05, 0.1) is 5.01 Å². The monoisotopic (exact) mass is 292 g/mol. The van der Waals surface area contributed by atoms with Crippen molar-refractivity contribution in [1.82, 2.24) is 10.3 Å². The minimum Gasteiger partial charge on any atom is -0.310 e. The topological polar surface area (TPSA) is 24.9 Å². The van der Waals surface area contributed by atoms with Gasteiger partial charge in [-0.3, -0.25) is 0 Å². The molecule has 1 aromatic rings.